The number of anilines is 1. The summed E-state index contributed by atoms with van der Waals surface area (Å²) in [6.45, 7) is 7.20. The normalized spacial score (nSPS) is 13.2. The summed E-state index contributed by atoms with van der Waals surface area (Å²) in [6, 6.07) is 0. The van der Waals surface area contributed by atoms with E-state index in [9.17, 15) is 14.7 Å². The molecule has 134 valence electrons. The molecule has 10 heteroatoms. The van der Waals surface area contributed by atoms with Gasteiger partial charge in [-0.1, -0.05) is 12.1 Å². The first-order chi connectivity index (χ1) is 11.1. The molecular formula is C14H22N4O5S. The number of aromatic nitrogens is 1. The third kappa shape index (κ3) is 6.82. The number of alkyl carbamates (subject to hydrolysis) is 1. The number of nitrogens with two attached hydrogens (primary N) is 1. The summed E-state index contributed by atoms with van der Waals surface area (Å²) in [4.78, 5) is 31.9. The van der Waals surface area contributed by atoms with Crippen LogP contribution in [0.25, 0.3) is 0 Å². The predicted octanol–water partition coefficient (Wildman–Crippen LogP) is 1.83. The summed E-state index contributed by atoms with van der Waals surface area (Å²) in [6.07, 6.45) is -0.590. The second kappa shape index (κ2) is 8.48. The highest BCUT2D eigenvalue weighted by molar-refractivity contribution is 7.13. The number of hydrogen-bond donors (Lipinski definition) is 3. The lowest BCUT2D eigenvalue weighted by Gasteiger charge is -2.21. The zero-order valence-electron chi connectivity index (χ0n) is 14.0. The van der Waals surface area contributed by atoms with E-state index in [1.165, 1.54) is 5.38 Å². The van der Waals surface area contributed by atoms with Crippen LogP contribution >= 0.6 is 11.3 Å². The van der Waals surface area contributed by atoms with Crippen molar-refractivity contribution in [3.63, 3.8) is 0 Å². The number of hydrogen-bond acceptors (Lipinski definition) is 8. The lowest BCUT2D eigenvalue weighted by Crippen LogP contribution is -2.37. The molecule has 1 heterocycles. The van der Waals surface area contributed by atoms with Crippen LogP contribution in [-0.2, 0) is 14.4 Å². The maximum Gasteiger partial charge on any atom is 0.407 e. The lowest BCUT2D eigenvalue weighted by molar-refractivity contribution is -0.129. The van der Waals surface area contributed by atoms with Gasteiger partial charge in [-0.3, -0.25) is 0 Å². The first kappa shape index (κ1) is 19.7. The van der Waals surface area contributed by atoms with Crippen molar-refractivity contribution >= 4 is 34.2 Å². The SMILES string of the molecule is CCC(CNC(=O)OC(C)(C)C)ON=C(C(=O)O)c1csc(N)n1. The number of oxime groups is 1. The molecule has 0 aliphatic carbocycles. The standard InChI is InChI=1S/C14H22N4O5S/c1-5-8(6-16-13(21)22-14(2,3)4)23-18-10(11(19)20)9-7-24-12(15)17-9/h7-8H,5-6H2,1-4H3,(H2,15,17)(H,16,21)(H,19,20). The monoisotopic (exact) mass is 358 g/mol. The van der Waals surface area contributed by atoms with Crippen LogP contribution in [0, 0.1) is 0 Å². The number of ether oxygens (including phenoxy) is 1. The van der Waals surface area contributed by atoms with Crippen molar-refractivity contribution in [1.82, 2.24) is 10.3 Å². The summed E-state index contributed by atoms with van der Waals surface area (Å²) < 4.78 is 5.11. The number of carbonyl (C=O) groups excluding carboxylic acids is 1. The van der Waals surface area contributed by atoms with Crippen molar-refractivity contribution in [1.29, 1.82) is 0 Å². The third-order valence-corrected chi connectivity index (χ3v) is 3.26. The molecule has 1 aromatic heterocycles. The second-order valence-electron chi connectivity index (χ2n) is 5.83. The van der Waals surface area contributed by atoms with Gasteiger partial charge in [0.1, 0.15) is 17.4 Å². The van der Waals surface area contributed by atoms with Gasteiger partial charge in [-0.25, -0.2) is 14.6 Å². The molecule has 0 spiro atoms. The molecule has 1 rings (SSSR count). The zero-order chi connectivity index (χ0) is 18.3. The number of nitrogens with one attached hydrogen (secondary N) is 1. The molecule has 1 unspecified atom stereocenters. The number of carbonyl (C=O) groups is 2. The van der Waals surface area contributed by atoms with E-state index in [0.717, 1.165) is 11.3 Å². The van der Waals surface area contributed by atoms with E-state index < -0.39 is 23.8 Å². The maximum absolute atomic E-state index is 11.6. The predicted molar refractivity (Wildman–Crippen MR) is 90.1 cm³/mol. The summed E-state index contributed by atoms with van der Waals surface area (Å²) in [5.74, 6) is -1.28. The fourth-order valence-corrected chi connectivity index (χ4v) is 2.03. The van der Waals surface area contributed by atoms with Gasteiger partial charge >= 0.3 is 12.1 Å². The van der Waals surface area contributed by atoms with E-state index in [4.69, 9.17) is 15.3 Å². The van der Waals surface area contributed by atoms with Crippen LogP contribution in [0.15, 0.2) is 10.5 Å². The maximum atomic E-state index is 11.6. The number of nitrogens with zero attached hydrogens (tertiary/aromatic N) is 2. The molecule has 0 aliphatic heterocycles. The van der Waals surface area contributed by atoms with Crippen LogP contribution in [0.5, 0.6) is 0 Å². The molecule has 1 aromatic rings. The molecule has 0 radical (unpaired) electrons. The van der Waals surface area contributed by atoms with E-state index >= 15 is 0 Å². The average Bonchev–Trinajstić information content (AvgIpc) is 2.86. The molecule has 0 saturated carbocycles. The number of rotatable bonds is 7. The minimum Gasteiger partial charge on any atom is -0.476 e. The van der Waals surface area contributed by atoms with Crippen molar-refractivity contribution < 1.29 is 24.3 Å². The Morgan fingerprint density at radius 2 is 2.17 bits per heavy atom. The summed E-state index contributed by atoms with van der Waals surface area (Å²) in [5, 5.41) is 17.1. The van der Waals surface area contributed by atoms with Gasteiger partial charge in [-0.15, -0.1) is 11.3 Å². The van der Waals surface area contributed by atoms with Gasteiger partial charge in [-0.05, 0) is 27.2 Å². The van der Waals surface area contributed by atoms with E-state index in [2.05, 4.69) is 15.5 Å². The fourth-order valence-electron chi connectivity index (χ4n) is 1.49. The molecule has 1 atom stereocenters. The lowest BCUT2D eigenvalue weighted by atomic mass is 10.2. The smallest absolute Gasteiger partial charge is 0.407 e. The Balaban J connectivity index is 2.66. The van der Waals surface area contributed by atoms with Crippen LogP contribution in [0.4, 0.5) is 9.93 Å². The highest BCUT2D eigenvalue weighted by atomic mass is 32.1. The van der Waals surface area contributed by atoms with Gasteiger partial charge in [0.25, 0.3) is 0 Å². The van der Waals surface area contributed by atoms with Crippen molar-refractivity contribution in [2.75, 3.05) is 12.3 Å². The van der Waals surface area contributed by atoms with Crippen molar-refractivity contribution in [3.05, 3.63) is 11.1 Å². The minimum absolute atomic E-state index is 0.125. The highest BCUT2D eigenvalue weighted by Gasteiger charge is 2.20. The second-order valence-corrected chi connectivity index (χ2v) is 6.72. The molecule has 24 heavy (non-hydrogen) atoms. The first-order valence-corrected chi connectivity index (χ1v) is 8.15. The number of amides is 1. The molecule has 0 bridgehead atoms. The van der Waals surface area contributed by atoms with Gasteiger partial charge in [-0.2, -0.15) is 0 Å². The van der Waals surface area contributed by atoms with Gasteiger partial charge in [0.15, 0.2) is 5.13 Å². The van der Waals surface area contributed by atoms with Crippen molar-refractivity contribution in [2.24, 2.45) is 5.16 Å². The summed E-state index contributed by atoms with van der Waals surface area (Å²) in [7, 11) is 0. The van der Waals surface area contributed by atoms with E-state index in [-0.39, 0.29) is 23.1 Å². The quantitative estimate of drug-likeness (QED) is 0.499. The van der Waals surface area contributed by atoms with Gasteiger partial charge in [0.2, 0.25) is 5.71 Å². The number of thiazole rings is 1. The number of carboxylic acids is 1. The van der Waals surface area contributed by atoms with E-state index in [0.29, 0.717) is 6.42 Å². The van der Waals surface area contributed by atoms with E-state index in [1.54, 1.807) is 20.8 Å². The third-order valence-electron chi connectivity index (χ3n) is 2.59. The Morgan fingerprint density at radius 3 is 2.62 bits per heavy atom. The van der Waals surface area contributed by atoms with Crippen LogP contribution < -0.4 is 11.1 Å². The molecule has 4 N–H and O–H groups in total. The van der Waals surface area contributed by atoms with Crippen LogP contribution in [0.3, 0.4) is 0 Å². The highest BCUT2D eigenvalue weighted by Crippen LogP contribution is 2.13. The Bertz CT molecular complexity index is 609. The number of nitrogen functional groups attached to an aromatic ring is 1. The topological polar surface area (TPSA) is 136 Å². The Hall–Kier alpha value is -2.36. The molecule has 0 fully saturated rings. The van der Waals surface area contributed by atoms with Crippen LogP contribution in [-0.4, -0.2) is 46.1 Å². The fraction of sp³-hybridized carbons (Fsp3) is 0.571. The largest absolute Gasteiger partial charge is 0.476 e. The minimum atomic E-state index is -1.28. The van der Waals surface area contributed by atoms with E-state index in [1.807, 2.05) is 6.92 Å². The molecule has 9 nitrogen and oxygen atoms in total. The van der Waals surface area contributed by atoms with Crippen LogP contribution in [0.1, 0.15) is 39.8 Å². The Morgan fingerprint density at radius 1 is 1.50 bits per heavy atom. The molecule has 0 saturated heterocycles. The Labute approximate surface area is 143 Å². The Kier molecular flexibility index (Phi) is 6.96. The first-order valence-electron chi connectivity index (χ1n) is 7.27. The average molecular weight is 358 g/mol. The number of carboxylic acid groups (broad SMARTS) is 1. The molecule has 1 amide bonds. The molecular weight excluding hydrogens is 336 g/mol. The summed E-state index contributed by atoms with van der Waals surface area (Å²) in [5.41, 5.74) is 4.66. The van der Waals surface area contributed by atoms with Gasteiger partial charge in [0, 0.05) is 5.38 Å². The summed E-state index contributed by atoms with van der Waals surface area (Å²) >= 11 is 1.10. The van der Waals surface area contributed by atoms with Gasteiger partial charge < -0.3 is 25.7 Å². The zero-order valence-corrected chi connectivity index (χ0v) is 14.8. The molecule has 0 aromatic carbocycles. The van der Waals surface area contributed by atoms with Crippen LogP contribution in [0.2, 0.25) is 0 Å². The molecule has 0 aliphatic rings. The van der Waals surface area contributed by atoms with Gasteiger partial charge in [0.05, 0.1) is 6.54 Å². The number of aliphatic carboxylic acids is 1. The van der Waals surface area contributed by atoms with Crippen molar-refractivity contribution in [2.45, 2.75) is 45.8 Å². The van der Waals surface area contributed by atoms with Crippen molar-refractivity contribution in [3.8, 4) is 0 Å².